The third-order valence-corrected chi connectivity index (χ3v) is 6.88. The number of amidine groups is 1. The number of benzene rings is 3. The fourth-order valence-electron chi connectivity index (χ4n) is 4.66. The van der Waals surface area contributed by atoms with E-state index in [0.717, 1.165) is 27.7 Å². The Balaban J connectivity index is 1.27. The van der Waals surface area contributed by atoms with Crippen molar-refractivity contribution in [2.24, 2.45) is 15.0 Å². The van der Waals surface area contributed by atoms with Crippen molar-refractivity contribution in [3.63, 3.8) is 0 Å². The van der Waals surface area contributed by atoms with Gasteiger partial charge in [0, 0.05) is 28.5 Å². The minimum absolute atomic E-state index is 0.209. The number of amides is 3. The highest BCUT2D eigenvalue weighted by molar-refractivity contribution is 6.32. The van der Waals surface area contributed by atoms with E-state index < -0.39 is 18.0 Å². The van der Waals surface area contributed by atoms with Gasteiger partial charge in [-0.3, -0.25) is 15.1 Å². The molecule has 3 aromatic carbocycles. The molecule has 1 unspecified atom stereocenters. The largest absolute Gasteiger partial charge is 0.458 e. The number of nitrogens with zero attached hydrogens (tertiary/aromatic N) is 5. The third-order valence-electron chi connectivity index (χ3n) is 6.88. The molecule has 0 saturated heterocycles. The van der Waals surface area contributed by atoms with Crippen LogP contribution >= 0.6 is 0 Å². The van der Waals surface area contributed by atoms with Crippen molar-refractivity contribution in [1.29, 1.82) is 0 Å². The number of anilines is 2. The van der Waals surface area contributed by atoms with E-state index >= 15 is 0 Å². The van der Waals surface area contributed by atoms with Gasteiger partial charge in [-0.15, -0.1) is 0 Å². The molecule has 0 bridgehead atoms. The summed E-state index contributed by atoms with van der Waals surface area (Å²) in [5, 5.41) is 12.3. The fraction of sp³-hybridized carbons (Fsp3) is 0.188. The number of aryl methyl sites for hydroxylation is 1. The van der Waals surface area contributed by atoms with Crippen LogP contribution in [0.2, 0.25) is 0 Å². The minimum Gasteiger partial charge on any atom is -0.458 e. The Labute approximate surface area is 242 Å². The minimum atomic E-state index is -0.591. The first kappa shape index (κ1) is 26.8. The lowest BCUT2D eigenvalue weighted by Gasteiger charge is -2.21. The Hall–Kier alpha value is -5.38. The second kappa shape index (κ2) is 10.5. The molecule has 0 fully saturated rings. The quantitative estimate of drug-likeness (QED) is 0.311. The molecule has 4 aromatic rings. The first-order valence-electron chi connectivity index (χ1n) is 13.5. The number of ether oxygens (including phenoxy) is 1. The van der Waals surface area contributed by atoms with Crippen molar-refractivity contribution < 1.29 is 14.3 Å². The van der Waals surface area contributed by atoms with Crippen LogP contribution in [0.15, 0.2) is 93.5 Å². The number of hydrogen-bond donors (Lipinski definition) is 2. The highest BCUT2D eigenvalue weighted by Gasteiger charge is 2.28. The number of dihydropyridines is 1. The van der Waals surface area contributed by atoms with E-state index in [9.17, 15) is 9.59 Å². The maximum atomic E-state index is 13.3. The fourth-order valence-corrected chi connectivity index (χ4v) is 4.66. The molecule has 3 amide bonds. The highest BCUT2D eigenvalue weighted by atomic mass is 16.5. The molecule has 0 saturated carbocycles. The molecule has 42 heavy (non-hydrogen) atoms. The Kier molecular flexibility index (Phi) is 6.74. The van der Waals surface area contributed by atoms with Gasteiger partial charge in [-0.05, 0) is 37.3 Å². The molecular weight excluding hydrogens is 530 g/mol. The van der Waals surface area contributed by atoms with Gasteiger partial charge in [-0.25, -0.2) is 14.5 Å². The number of aromatic nitrogens is 2. The van der Waals surface area contributed by atoms with Crippen molar-refractivity contribution >= 4 is 52.5 Å². The molecule has 10 heteroatoms. The molecule has 210 valence electrons. The number of carbonyl (C=O) groups excluding carboxylic acids is 2. The van der Waals surface area contributed by atoms with Crippen molar-refractivity contribution in [2.75, 3.05) is 10.6 Å². The zero-order valence-electron chi connectivity index (χ0n) is 23.6. The molecule has 2 N–H and O–H groups in total. The van der Waals surface area contributed by atoms with E-state index in [4.69, 9.17) is 9.84 Å². The van der Waals surface area contributed by atoms with E-state index in [1.807, 2.05) is 61.5 Å². The molecule has 1 aromatic heterocycles. The first-order valence-corrected chi connectivity index (χ1v) is 13.5. The second-order valence-corrected chi connectivity index (χ2v) is 11.1. The molecule has 0 spiro atoms. The summed E-state index contributed by atoms with van der Waals surface area (Å²) in [6.07, 6.45) is 4.41. The lowest BCUT2D eigenvalue weighted by molar-refractivity contribution is -0.111. The van der Waals surface area contributed by atoms with Crippen LogP contribution < -0.4 is 15.4 Å². The van der Waals surface area contributed by atoms with Crippen LogP contribution in [0, 0.1) is 6.92 Å². The monoisotopic (exact) mass is 559 g/mol. The average Bonchev–Trinajstić information content (AvgIpc) is 3.39. The summed E-state index contributed by atoms with van der Waals surface area (Å²) in [4.78, 5) is 37.3. The van der Waals surface area contributed by atoms with Crippen molar-refractivity contribution in [3.8, 4) is 11.4 Å². The zero-order chi connectivity index (χ0) is 29.4. The predicted octanol–water partition coefficient (Wildman–Crippen LogP) is 6.00. The van der Waals surface area contributed by atoms with Gasteiger partial charge in [0.15, 0.2) is 11.9 Å². The number of aliphatic imine (C=N–C) groups is 3. The van der Waals surface area contributed by atoms with Crippen LogP contribution in [0.1, 0.15) is 32.0 Å². The molecule has 2 aliphatic heterocycles. The normalized spacial score (nSPS) is 16.1. The van der Waals surface area contributed by atoms with Gasteiger partial charge in [0.25, 0.3) is 5.91 Å². The number of urea groups is 1. The summed E-state index contributed by atoms with van der Waals surface area (Å²) >= 11 is 0. The van der Waals surface area contributed by atoms with E-state index in [-0.39, 0.29) is 5.41 Å². The number of hydrogen-bond acceptors (Lipinski definition) is 6. The van der Waals surface area contributed by atoms with Crippen LogP contribution in [0.25, 0.3) is 16.5 Å². The van der Waals surface area contributed by atoms with Crippen LogP contribution in [0.5, 0.6) is 5.75 Å². The summed E-state index contributed by atoms with van der Waals surface area (Å²) in [6.45, 7) is 8.27. The molecule has 1 atom stereocenters. The molecule has 3 heterocycles. The maximum Gasteiger partial charge on any atom is 0.324 e. The zero-order valence-corrected chi connectivity index (χ0v) is 23.6. The van der Waals surface area contributed by atoms with Crippen LogP contribution in [-0.2, 0) is 10.2 Å². The van der Waals surface area contributed by atoms with Gasteiger partial charge in [-0.1, -0.05) is 62.7 Å². The van der Waals surface area contributed by atoms with E-state index in [0.29, 0.717) is 28.8 Å². The third kappa shape index (κ3) is 5.34. The maximum absolute atomic E-state index is 13.3. The number of allylic oxidation sites excluding steroid dienone is 1. The average molecular weight is 560 g/mol. The van der Waals surface area contributed by atoms with E-state index in [1.54, 1.807) is 22.9 Å². The van der Waals surface area contributed by atoms with Gasteiger partial charge in [0.2, 0.25) is 0 Å². The van der Waals surface area contributed by atoms with E-state index in [1.165, 1.54) is 12.4 Å². The van der Waals surface area contributed by atoms with Gasteiger partial charge in [-0.2, -0.15) is 10.1 Å². The van der Waals surface area contributed by atoms with Gasteiger partial charge < -0.3 is 10.1 Å². The Morgan fingerprint density at radius 3 is 2.50 bits per heavy atom. The summed E-state index contributed by atoms with van der Waals surface area (Å²) < 4.78 is 8.01. The van der Waals surface area contributed by atoms with Crippen molar-refractivity contribution in [1.82, 2.24) is 9.78 Å². The number of carbonyl (C=O) groups is 2. The first-order chi connectivity index (χ1) is 20.2. The summed E-state index contributed by atoms with van der Waals surface area (Å²) in [7, 11) is 0. The number of nitrogens with one attached hydrogen (secondary N) is 2. The number of rotatable bonds is 5. The van der Waals surface area contributed by atoms with Gasteiger partial charge in [0.05, 0.1) is 23.3 Å². The molecular formula is C32H29N7O3. The van der Waals surface area contributed by atoms with Crippen molar-refractivity contribution in [2.45, 2.75) is 39.2 Å². The Morgan fingerprint density at radius 2 is 1.74 bits per heavy atom. The Morgan fingerprint density at radius 1 is 0.976 bits per heavy atom. The SMILES string of the molecule is Cc1ccc(-n2nc(C(C)(C)C)cc2NC(=O)Nc2ccc(OC3=CC=NC4=NC(=O)C=NC34)c3ccccc23)cc1. The van der Waals surface area contributed by atoms with Gasteiger partial charge in [0.1, 0.15) is 17.3 Å². The van der Waals surface area contributed by atoms with Gasteiger partial charge >= 0.3 is 6.03 Å². The molecule has 0 radical (unpaired) electrons. The highest BCUT2D eigenvalue weighted by Crippen LogP contribution is 2.34. The Bertz CT molecular complexity index is 1840. The summed E-state index contributed by atoms with van der Waals surface area (Å²) in [5.41, 5.74) is 3.24. The van der Waals surface area contributed by atoms with E-state index in [2.05, 4.69) is 46.4 Å². The smallest absolute Gasteiger partial charge is 0.324 e. The lowest BCUT2D eigenvalue weighted by atomic mass is 9.92. The molecule has 6 rings (SSSR count). The molecule has 2 aliphatic rings. The van der Waals surface area contributed by atoms with Crippen LogP contribution in [-0.4, -0.2) is 46.0 Å². The lowest BCUT2D eigenvalue weighted by Crippen LogP contribution is -2.30. The predicted molar refractivity (Wildman–Crippen MR) is 166 cm³/mol. The summed E-state index contributed by atoms with van der Waals surface area (Å²) in [6, 6.07) is 20.1. The van der Waals surface area contributed by atoms with Crippen LogP contribution in [0.3, 0.4) is 0 Å². The summed E-state index contributed by atoms with van der Waals surface area (Å²) in [5.74, 6) is 1.46. The molecule has 10 nitrogen and oxygen atoms in total. The standard InChI is InChI=1S/C32H29N7O3/c1-19-9-11-20(12-10-19)39-27(17-26(38-39)32(2,3)4)36-31(41)35-23-13-14-24(22-8-6-5-7-21(22)23)42-25-15-16-33-30-29(25)34-18-28(40)37-30/h5-18,29H,1-4H3,(H2,35,36,41). The topological polar surface area (TPSA) is 122 Å². The van der Waals surface area contributed by atoms with Crippen molar-refractivity contribution in [3.05, 3.63) is 89.8 Å². The van der Waals surface area contributed by atoms with Crippen LogP contribution in [0.4, 0.5) is 16.3 Å². The molecule has 0 aliphatic carbocycles. The second-order valence-electron chi connectivity index (χ2n) is 11.1. The number of fused-ring (bicyclic) bond motifs is 2.